The molecular formula is C20H28N3+. The van der Waals surface area contributed by atoms with E-state index in [1.54, 1.807) is 0 Å². The van der Waals surface area contributed by atoms with Crippen molar-refractivity contribution in [3.63, 3.8) is 0 Å². The first-order valence-electron chi connectivity index (χ1n) is 8.78. The van der Waals surface area contributed by atoms with Crippen LogP contribution in [0.3, 0.4) is 0 Å². The SMILES string of the molecule is CCC1(CC)CC[n+]2ccccc2-c2cnc(C(C)(C)C)nc21. The van der Waals surface area contributed by atoms with Gasteiger partial charge in [-0.15, -0.1) is 0 Å². The molecule has 3 rings (SSSR count). The number of hydrogen-bond acceptors (Lipinski definition) is 2. The van der Waals surface area contributed by atoms with Crippen molar-refractivity contribution in [1.82, 2.24) is 9.97 Å². The van der Waals surface area contributed by atoms with Crippen LogP contribution in [-0.4, -0.2) is 9.97 Å². The van der Waals surface area contributed by atoms with Crippen LogP contribution in [0.15, 0.2) is 30.6 Å². The third-order valence-corrected chi connectivity index (χ3v) is 5.36. The van der Waals surface area contributed by atoms with E-state index < -0.39 is 0 Å². The summed E-state index contributed by atoms with van der Waals surface area (Å²) >= 11 is 0. The van der Waals surface area contributed by atoms with Crippen LogP contribution in [0.4, 0.5) is 0 Å². The Balaban J connectivity index is 2.30. The summed E-state index contributed by atoms with van der Waals surface area (Å²) in [6.45, 7) is 12.2. The van der Waals surface area contributed by atoms with Crippen molar-refractivity contribution in [1.29, 1.82) is 0 Å². The summed E-state index contributed by atoms with van der Waals surface area (Å²) in [4.78, 5) is 9.83. The molecular weight excluding hydrogens is 282 g/mol. The summed E-state index contributed by atoms with van der Waals surface area (Å²) in [5.41, 5.74) is 3.82. The number of fused-ring (bicyclic) bond motifs is 3. The molecule has 23 heavy (non-hydrogen) atoms. The van der Waals surface area contributed by atoms with E-state index in [1.807, 2.05) is 0 Å². The largest absolute Gasteiger partial charge is 0.240 e. The van der Waals surface area contributed by atoms with Crippen molar-refractivity contribution in [3.8, 4) is 11.3 Å². The highest BCUT2D eigenvalue weighted by Crippen LogP contribution is 2.41. The van der Waals surface area contributed by atoms with Gasteiger partial charge in [-0.25, -0.2) is 9.97 Å². The maximum atomic E-state index is 5.11. The van der Waals surface area contributed by atoms with Crippen LogP contribution < -0.4 is 4.57 Å². The Morgan fingerprint density at radius 2 is 1.91 bits per heavy atom. The van der Waals surface area contributed by atoms with E-state index in [4.69, 9.17) is 9.97 Å². The lowest BCUT2D eigenvalue weighted by atomic mass is 9.74. The molecule has 1 aliphatic rings. The van der Waals surface area contributed by atoms with Gasteiger partial charge in [0, 0.05) is 35.6 Å². The highest BCUT2D eigenvalue weighted by Gasteiger charge is 2.39. The van der Waals surface area contributed by atoms with Crippen LogP contribution in [-0.2, 0) is 17.4 Å². The van der Waals surface area contributed by atoms with Crippen molar-refractivity contribution in [2.75, 3.05) is 0 Å². The van der Waals surface area contributed by atoms with Gasteiger partial charge in [-0.05, 0) is 18.9 Å². The standard InChI is InChI=1S/C20H28N3/c1-6-20(7-2)11-13-23-12-9-8-10-16(23)15-14-21-18(19(3,4)5)22-17(15)20/h8-10,12,14H,6-7,11,13H2,1-5H3/q+1. The first-order chi connectivity index (χ1) is 10.9. The van der Waals surface area contributed by atoms with Crippen LogP contribution >= 0.6 is 0 Å². The zero-order valence-electron chi connectivity index (χ0n) is 15.1. The van der Waals surface area contributed by atoms with E-state index in [0.717, 1.165) is 31.6 Å². The smallest absolute Gasteiger partial charge is 0.215 e. The van der Waals surface area contributed by atoms with Crippen molar-refractivity contribution in [2.24, 2.45) is 0 Å². The molecule has 0 atom stereocenters. The van der Waals surface area contributed by atoms with E-state index in [0.29, 0.717) is 0 Å². The van der Waals surface area contributed by atoms with Gasteiger partial charge in [0.25, 0.3) is 0 Å². The van der Waals surface area contributed by atoms with Gasteiger partial charge in [0.05, 0.1) is 11.3 Å². The zero-order chi connectivity index (χ0) is 16.7. The molecule has 3 nitrogen and oxygen atoms in total. The molecule has 0 bridgehead atoms. The first kappa shape index (κ1) is 16.1. The molecule has 0 aromatic carbocycles. The first-order valence-corrected chi connectivity index (χ1v) is 8.78. The molecule has 3 heterocycles. The number of nitrogens with zero attached hydrogens (tertiary/aromatic N) is 3. The van der Waals surface area contributed by atoms with Gasteiger partial charge in [0.1, 0.15) is 12.4 Å². The van der Waals surface area contributed by atoms with Gasteiger partial charge in [0.15, 0.2) is 6.20 Å². The topological polar surface area (TPSA) is 29.7 Å². The molecule has 0 unspecified atom stereocenters. The summed E-state index contributed by atoms with van der Waals surface area (Å²) in [5.74, 6) is 0.951. The highest BCUT2D eigenvalue weighted by molar-refractivity contribution is 5.60. The summed E-state index contributed by atoms with van der Waals surface area (Å²) in [6.07, 6.45) is 7.60. The van der Waals surface area contributed by atoms with Gasteiger partial charge in [-0.2, -0.15) is 4.57 Å². The predicted octanol–water partition coefficient (Wildman–Crippen LogP) is 4.19. The van der Waals surface area contributed by atoms with Gasteiger partial charge in [-0.1, -0.05) is 34.6 Å². The maximum Gasteiger partial charge on any atom is 0.215 e. The Labute approximate surface area is 139 Å². The van der Waals surface area contributed by atoms with Crippen LogP contribution in [0, 0.1) is 0 Å². The molecule has 0 N–H and O–H groups in total. The number of pyridine rings is 1. The summed E-state index contributed by atoms with van der Waals surface area (Å²) in [6, 6.07) is 6.41. The van der Waals surface area contributed by atoms with E-state index in [1.165, 1.54) is 17.0 Å². The maximum absolute atomic E-state index is 5.11. The molecule has 0 aliphatic carbocycles. The third-order valence-electron chi connectivity index (χ3n) is 5.36. The second-order valence-electron chi connectivity index (χ2n) is 7.72. The van der Waals surface area contributed by atoms with Gasteiger partial charge < -0.3 is 0 Å². The van der Waals surface area contributed by atoms with Gasteiger partial charge >= 0.3 is 0 Å². The van der Waals surface area contributed by atoms with E-state index in [2.05, 4.69) is 69.8 Å². The minimum Gasteiger partial charge on any atom is -0.240 e. The van der Waals surface area contributed by atoms with Crippen molar-refractivity contribution >= 4 is 0 Å². The summed E-state index contributed by atoms with van der Waals surface area (Å²) < 4.78 is 2.35. The zero-order valence-corrected chi connectivity index (χ0v) is 15.1. The minimum absolute atomic E-state index is 0.0266. The normalized spacial score (nSPS) is 16.4. The average Bonchev–Trinajstić information content (AvgIpc) is 2.69. The molecule has 0 fully saturated rings. The Kier molecular flexibility index (Phi) is 3.99. The van der Waals surface area contributed by atoms with Crippen LogP contribution in [0.1, 0.15) is 65.4 Å². The molecule has 0 spiro atoms. The van der Waals surface area contributed by atoms with Crippen molar-refractivity contribution in [3.05, 3.63) is 42.1 Å². The number of rotatable bonds is 2. The lowest BCUT2D eigenvalue weighted by Crippen LogP contribution is -2.37. The van der Waals surface area contributed by atoms with Crippen LogP contribution in [0.5, 0.6) is 0 Å². The number of aryl methyl sites for hydroxylation is 1. The number of hydrogen-bond donors (Lipinski definition) is 0. The molecule has 2 aromatic rings. The predicted molar refractivity (Wildman–Crippen MR) is 93.2 cm³/mol. The average molecular weight is 310 g/mol. The molecule has 122 valence electrons. The van der Waals surface area contributed by atoms with Gasteiger partial charge in [-0.3, -0.25) is 0 Å². The van der Waals surface area contributed by atoms with Gasteiger partial charge in [0.2, 0.25) is 5.69 Å². The highest BCUT2D eigenvalue weighted by atomic mass is 15.0. The summed E-state index contributed by atoms with van der Waals surface area (Å²) in [5, 5.41) is 0. The molecule has 0 radical (unpaired) electrons. The fourth-order valence-electron chi connectivity index (χ4n) is 3.64. The molecule has 3 heteroatoms. The Hall–Kier alpha value is -1.77. The van der Waals surface area contributed by atoms with E-state index >= 15 is 0 Å². The molecule has 0 saturated carbocycles. The Morgan fingerprint density at radius 1 is 1.17 bits per heavy atom. The summed E-state index contributed by atoms with van der Waals surface area (Å²) in [7, 11) is 0. The lowest BCUT2D eigenvalue weighted by Gasteiger charge is -2.31. The van der Waals surface area contributed by atoms with E-state index in [-0.39, 0.29) is 10.8 Å². The number of aromatic nitrogens is 3. The minimum atomic E-state index is -0.0266. The molecule has 0 amide bonds. The fourth-order valence-corrected chi connectivity index (χ4v) is 3.64. The fraction of sp³-hybridized carbons (Fsp3) is 0.550. The lowest BCUT2D eigenvalue weighted by molar-refractivity contribution is -0.687. The van der Waals surface area contributed by atoms with E-state index in [9.17, 15) is 0 Å². The molecule has 0 saturated heterocycles. The quantitative estimate of drug-likeness (QED) is 0.778. The van der Waals surface area contributed by atoms with Crippen molar-refractivity contribution < 1.29 is 4.57 Å². The second kappa shape index (κ2) is 5.70. The Morgan fingerprint density at radius 3 is 2.57 bits per heavy atom. The Bertz CT molecular complexity index is 709. The van der Waals surface area contributed by atoms with Crippen LogP contribution in [0.25, 0.3) is 11.3 Å². The van der Waals surface area contributed by atoms with Crippen molar-refractivity contribution in [2.45, 2.75) is 71.3 Å². The molecule has 1 aliphatic heterocycles. The van der Waals surface area contributed by atoms with Crippen LogP contribution in [0.2, 0.25) is 0 Å². The third kappa shape index (κ3) is 2.66. The molecule has 2 aromatic heterocycles. The second-order valence-corrected chi connectivity index (χ2v) is 7.72. The monoisotopic (exact) mass is 310 g/mol.